The predicted octanol–water partition coefficient (Wildman–Crippen LogP) is 7.37. The van der Waals surface area contributed by atoms with Crippen molar-refractivity contribution in [3.8, 4) is 5.75 Å². The van der Waals surface area contributed by atoms with E-state index in [2.05, 4.69) is 17.4 Å². The van der Waals surface area contributed by atoms with Gasteiger partial charge in [-0.1, -0.05) is 109 Å². The minimum atomic E-state index is -0.610. The van der Waals surface area contributed by atoms with Crippen molar-refractivity contribution < 1.29 is 19.1 Å². The number of carbonyl (C=O) groups excluding carboxylic acids is 2. The van der Waals surface area contributed by atoms with Crippen LogP contribution in [0, 0.1) is 0 Å². The molecular formula is C37H33NO4. The number of para-hydroxylation sites is 1. The molecule has 1 N–H and O–H groups in total. The van der Waals surface area contributed by atoms with Crippen molar-refractivity contribution in [3.63, 3.8) is 0 Å². The SMILES string of the molecule is CC1=C(C(=O)OCc2ccccc2)[C@@H](c2ccccc2OCc2ccccc2)C2=C(C[C@@H](c3ccccc3)CC2=O)N1. The van der Waals surface area contributed by atoms with Crippen LogP contribution >= 0.6 is 0 Å². The Labute approximate surface area is 246 Å². The monoisotopic (exact) mass is 555 g/mol. The lowest BCUT2D eigenvalue weighted by atomic mass is 9.71. The Morgan fingerprint density at radius 1 is 0.762 bits per heavy atom. The summed E-state index contributed by atoms with van der Waals surface area (Å²) in [5.74, 6) is -0.327. The molecule has 1 aliphatic carbocycles. The number of ether oxygens (including phenoxy) is 2. The Kier molecular flexibility index (Phi) is 8.00. The van der Waals surface area contributed by atoms with E-state index in [9.17, 15) is 9.59 Å². The van der Waals surface area contributed by atoms with Crippen LogP contribution in [0.2, 0.25) is 0 Å². The van der Waals surface area contributed by atoms with Crippen LogP contribution < -0.4 is 10.1 Å². The van der Waals surface area contributed by atoms with Gasteiger partial charge in [-0.3, -0.25) is 4.79 Å². The van der Waals surface area contributed by atoms with Gasteiger partial charge in [0, 0.05) is 29.0 Å². The Hall–Kier alpha value is -4.90. The fraction of sp³-hybridized carbons (Fsp3) is 0.189. The topological polar surface area (TPSA) is 64.6 Å². The van der Waals surface area contributed by atoms with Gasteiger partial charge < -0.3 is 14.8 Å². The minimum Gasteiger partial charge on any atom is -0.489 e. The van der Waals surface area contributed by atoms with E-state index in [-0.39, 0.29) is 18.3 Å². The van der Waals surface area contributed by atoms with Gasteiger partial charge in [-0.15, -0.1) is 0 Å². The Morgan fingerprint density at radius 3 is 2.05 bits per heavy atom. The van der Waals surface area contributed by atoms with E-state index < -0.39 is 11.9 Å². The molecule has 0 fully saturated rings. The highest BCUT2D eigenvalue weighted by Gasteiger charge is 2.42. The number of benzene rings is 4. The number of Topliss-reactive ketones (excluding diaryl/α,β-unsaturated/α-hetero) is 1. The first kappa shape index (κ1) is 27.3. The molecule has 0 saturated heterocycles. The van der Waals surface area contributed by atoms with Crippen LogP contribution in [0.25, 0.3) is 0 Å². The first-order valence-electron chi connectivity index (χ1n) is 14.3. The van der Waals surface area contributed by atoms with Crippen LogP contribution in [0.4, 0.5) is 0 Å². The summed E-state index contributed by atoms with van der Waals surface area (Å²) >= 11 is 0. The van der Waals surface area contributed by atoms with Gasteiger partial charge in [0.1, 0.15) is 19.0 Å². The van der Waals surface area contributed by atoms with E-state index in [1.807, 2.05) is 110 Å². The lowest BCUT2D eigenvalue weighted by Crippen LogP contribution is -2.36. The van der Waals surface area contributed by atoms with Gasteiger partial charge in [0.25, 0.3) is 0 Å². The third kappa shape index (κ3) is 5.77. The zero-order chi connectivity index (χ0) is 28.9. The van der Waals surface area contributed by atoms with E-state index in [4.69, 9.17) is 9.47 Å². The van der Waals surface area contributed by atoms with E-state index in [0.717, 1.165) is 28.0 Å². The van der Waals surface area contributed by atoms with Crippen molar-refractivity contribution in [2.75, 3.05) is 0 Å². The Morgan fingerprint density at radius 2 is 1.36 bits per heavy atom. The molecule has 1 heterocycles. The second-order valence-electron chi connectivity index (χ2n) is 10.8. The highest BCUT2D eigenvalue weighted by Crippen LogP contribution is 2.47. The van der Waals surface area contributed by atoms with Gasteiger partial charge in [-0.25, -0.2) is 4.79 Å². The number of carbonyl (C=O) groups is 2. The fourth-order valence-electron chi connectivity index (χ4n) is 5.97. The summed E-state index contributed by atoms with van der Waals surface area (Å²) in [5, 5.41) is 3.45. The van der Waals surface area contributed by atoms with Crippen molar-refractivity contribution in [3.05, 3.63) is 160 Å². The summed E-state index contributed by atoms with van der Waals surface area (Å²) in [7, 11) is 0. The number of ketones is 1. The molecule has 0 spiro atoms. The van der Waals surface area contributed by atoms with Gasteiger partial charge in [-0.05, 0) is 42.0 Å². The standard InChI is InChI=1S/C37H33NO4/c1-25-34(37(40)42-24-27-15-7-3-8-16-27)35(30-19-11-12-20-33(30)41-23-26-13-5-2-6-14-26)36-31(38-25)21-29(22-32(36)39)28-17-9-4-10-18-28/h2-20,29,35,38H,21-24H2,1H3/t29-,35-/m1/s1. The molecule has 6 rings (SSSR count). The zero-order valence-electron chi connectivity index (χ0n) is 23.6. The maximum absolute atomic E-state index is 14.0. The van der Waals surface area contributed by atoms with Gasteiger partial charge in [-0.2, -0.15) is 0 Å². The molecule has 0 amide bonds. The average Bonchev–Trinajstić information content (AvgIpc) is 3.03. The number of dihydropyridines is 1. The maximum atomic E-state index is 14.0. The molecular weight excluding hydrogens is 522 g/mol. The molecule has 5 heteroatoms. The highest BCUT2D eigenvalue weighted by atomic mass is 16.5. The van der Waals surface area contributed by atoms with Gasteiger partial charge in [0.05, 0.1) is 11.5 Å². The van der Waals surface area contributed by atoms with Gasteiger partial charge in [0.2, 0.25) is 0 Å². The van der Waals surface area contributed by atoms with Crippen molar-refractivity contribution in [2.24, 2.45) is 0 Å². The third-order valence-electron chi connectivity index (χ3n) is 8.00. The van der Waals surface area contributed by atoms with Crippen molar-refractivity contribution in [1.29, 1.82) is 0 Å². The molecule has 0 unspecified atom stereocenters. The summed E-state index contributed by atoms with van der Waals surface area (Å²) < 4.78 is 12.2. The molecule has 210 valence electrons. The second kappa shape index (κ2) is 12.3. The second-order valence-corrected chi connectivity index (χ2v) is 10.8. The highest BCUT2D eigenvalue weighted by molar-refractivity contribution is 6.04. The van der Waals surface area contributed by atoms with Crippen LogP contribution in [0.3, 0.4) is 0 Å². The fourth-order valence-corrected chi connectivity index (χ4v) is 5.97. The molecule has 2 atom stereocenters. The van der Waals surface area contributed by atoms with Crippen LogP contribution in [-0.2, 0) is 27.5 Å². The quantitative estimate of drug-likeness (QED) is 0.230. The molecule has 4 aromatic carbocycles. The van der Waals surface area contributed by atoms with Gasteiger partial charge in [0.15, 0.2) is 5.78 Å². The summed E-state index contributed by atoms with van der Waals surface area (Å²) in [5.41, 5.74) is 6.46. The number of rotatable bonds is 8. The maximum Gasteiger partial charge on any atom is 0.337 e. The number of nitrogens with one attached hydrogen (secondary N) is 1. The minimum absolute atomic E-state index is 0.0290. The lowest BCUT2D eigenvalue weighted by Gasteiger charge is -2.37. The molecule has 2 aliphatic rings. The van der Waals surface area contributed by atoms with Crippen LogP contribution in [0.1, 0.15) is 53.9 Å². The number of hydrogen-bond acceptors (Lipinski definition) is 5. The first-order valence-corrected chi connectivity index (χ1v) is 14.3. The normalized spacial score (nSPS) is 18.3. The van der Waals surface area contributed by atoms with E-state index >= 15 is 0 Å². The predicted molar refractivity (Wildman–Crippen MR) is 162 cm³/mol. The molecule has 5 nitrogen and oxygen atoms in total. The van der Waals surface area contributed by atoms with Crippen LogP contribution in [0.5, 0.6) is 5.75 Å². The molecule has 4 aromatic rings. The summed E-state index contributed by atoms with van der Waals surface area (Å²) in [4.78, 5) is 27.9. The Balaban J connectivity index is 1.38. The number of hydrogen-bond donors (Lipinski definition) is 1. The van der Waals surface area contributed by atoms with Crippen LogP contribution in [-0.4, -0.2) is 11.8 Å². The number of allylic oxidation sites excluding steroid dienone is 3. The molecule has 0 saturated carbocycles. The molecule has 0 radical (unpaired) electrons. The Bertz CT molecular complexity index is 1640. The van der Waals surface area contributed by atoms with Gasteiger partial charge >= 0.3 is 5.97 Å². The zero-order valence-corrected chi connectivity index (χ0v) is 23.6. The van der Waals surface area contributed by atoms with Crippen molar-refractivity contribution in [1.82, 2.24) is 5.32 Å². The molecule has 0 bridgehead atoms. The summed E-state index contributed by atoms with van der Waals surface area (Å²) in [6.07, 6.45) is 1.05. The summed E-state index contributed by atoms with van der Waals surface area (Å²) in [6.45, 7) is 2.40. The van der Waals surface area contributed by atoms with Crippen LogP contribution in [0.15, 0.2) is 138 Å². The van der Waals surface area contributed by atoms with Crippen molar-refractivity contribution >= 4 is 11.8 Å². The average molecular weight is 556 g/mol. The van der Waals surface area contributed by atoms with E-state index in [1.165, 1.54) is 0 Å². The molecule has 1 aliphatic heterocycles. The van der Waals surface area contributed by atoms with E-state index in [0.29, 0.717) is 42.0 Å². The third-order valence-corrected chi connectivity index (χ3v) is 8.00. The lowest BCUT2D eigenvalue weighted by molar-refractivity contribution is -0.140. The number of esters is 1. The summed E-state index contributed by atoms with van der Waals surface area (Å²) in [6, 6.07) is 37.4. The molecule has 42 heavy (non-hydrogen) atoms. The largest absolute Gasteiger partial charge is 0.489 e. The smallest absolute Gasteiger partial charge is 0.337 e. The van der Waals surface area contributed by atoms with Crippen molar-refractivity contribution in [2.45, 2.75) is 44.8 Å². The van der Waals surface area contributed by atoms with E-state index in [1.54, 1.807) is 0 Å². The first-order chi connectivity index (χ1) is 20.6. The molecule has 0 aromatic heterocycles.